The Bertz CT molecular complexity index is 921. The Morgan fingerprint density at radius 3 is 1.63 bits per heavy atom. The van der Waals surface area contributed by atoms with Crippen molar-refractivity contribution in [2.45, 2.75) is 23.9 Å². The Morgan fingerprint density at radius 2 is 1.23 bits per heavy atom. The van der Waals surface area contributed by atoms with Crippen LogP contribution in [0.15, 0.2) is 51.4 Å². The number of anilines is 1. The molecule has 0 bridgehead atoms. The number of carbonyl (C=O) groups excluding carboxylic acids is 1. The molecule has 0 heterocycles. The van der Waals surface area contributed by atoms with Crippen molar-refractivity contribution in [1.82, 2.24) is 0 Å². The molecule has 0 saturated carbocycles. The van der Waals surface area contributed by atoms with E-state index < -0.39 is 44.4 Å². The zero-order valence-corrected chi connectivity index (χ0v) is 17.3. The Kier molecular flexibility index (Phi) is 6.58. The molecule has 13 heteroatoms. The van der Waals surface area contributed by atoms with Gasteiger partial charge in [0.2, 0.25) is 0 Å². The molecule has 2 aromatic carbocycles. The van der Waals surface area contributed by atoms with Gasteiger partial charge in [-0.25, -0.2) is 4.39 Å². The number of carbonyl (C=O) groups is 1. The van der Waals surface area contributed by atoms with E-state index in [9.17, 15) is 44.3 Å². The molecule has 0 fully saturated rings. The average Bonchev–Trinajstić information content (AvgIpc) is 2.62. The first-order chi connectivity index (χ1) is 13.5. The molecule has 0 aliphatic carbocycles. The number of hydrogen-bond acceptors (Lipinski definition) is 1. The molecule has 0 spiro atoms. The molecule has 0 aromatic heterocycles. The smallest absolute Gasteiger partial charge is 0.320 e. The van der Waals surface area contributed by atoms with Gasteiger partial charge in [-0.05, 0) is 56.1 Å². The Morgan fingerprint density at radius 1 is 0.767 bits per heavy atom. The quantitative estimate of drug-likeness (QED) is 0.380. The molecule has 164 valence electrons. The molecule has 30 heavy (non-hydrogen) atoms. The topological polar surface area (TPSA) is 29.1 Å². The number of halogens is 11. The molecule has 1 N–H and O–H groups in total. The summed E-state index contributed by atoms with van der Waals surface area (Å²) in [6, 6.07) is 7.55. The van der Waals surface area contributed by atoms with Crippen LogP contribution < -0.4 is 5.32 Å². The largest absolute Gasteiger partial charge is 0.457 e. The maximum absolute atomic E-state index is 14.6. The lowest BCUT2D eigenvalue weighted by Gasteiger charge is -2.36. The molecule has 0 aliphatic rings. The van der Waals surface area contributed by atoms with E-state index in [0.717, 1.165) is 0 Å². The van der Waals surface area contributed by atoms with Crippen molar-refractivity contribution in [3.63, 3.8) is 0 Å². The highest BCUT2D eigenvalue weighted by Gasteiger charge is 2.81. The zero-order valence-electron chi connectivity index (χ0n) is 14.1. The molecule has 0 saturated heterocycles. The van der Waals surface area contributed by atoms with Gasteiger partial charge >= 0.3 is 23.9 Å². The summed E-state index contributed by atoms with van der Waals surface area (Å²) in [5.74, 6) is -7.57. The number of alkyl halides is 9. The first-order valence-electron chi connectivity index (χ1n) is 7.60. The number of amides is 1. The molecule has 1 unspecified atom stereocenters. The fourth-order valence-electron chi connectivity index (χ4n) is 2.38. The lowest BCUT2D eigenvalue weighted by Crippen LogP contribution is -2.59. The van der Waals surface area contributed by atoms with Crippen molar-refractivity contribution in [2.24, 2.45) is 0 Å². The van der Waals surface area contributed by atoms with Crippen LogP contribution in [0.2, 0.25) is 0 Å². The van der Waals surface area contributed by atoms with Gasteiger partial charge in [-0.3, -0.25) is 4.79 Å². The van der Waals surface area contributed by atoms with E-state index in [4.69, 9.17) is 0 Å². The standard InChI is InChI=1S/C17H8Br2F9NO/c18-10-6-9(14(20,16(23,24)25)15(21,22)17(26,27)28)7-11(19)12(10)29-13(30)8-4-2-1-3-5-8/h1-7H,(H,29,30). The normalized spacial score (nSPS) is 14.9. The van der Waals surface area contributed by atoms with Crippen LogP contribution >= 0.6 is 31.9 Å². The molecule has 1 amide bonds. The van der Waals surface area contributed by atoms with Gasteiger partial charge in [0.25, 0.3) is 5.91 Å². The van der Waals surface area contributed by atoms with Crippen molar-refractivity contribution < 1.29 is 44.3 Å². The Hall–Kier alpha value is -1.76. The van der Waals surface area contributed by atoms with Gasteiger partial charge in [0.05, 0.1) is 5.69 Å². The molecule has 0 radical (unpaired) electrons. The van der Waals surface area contributed by atoms with Gasteiger partial charge in [-0.1, -0.05) is 18.2 Å². The van der Waals surface area contributed by atoms with Gasteiger partial charge in [0.15, 0.2) is 0 Å². The van der Waals surface area contributed by atoms with Crippen LogP contribution in [0.4, 0.5) is 45.2 Å². The summed E-state index contributed by atoms with van der Waals surface area (Å²) in [6.45, 7) is 0. The fraction of sp³-hybridized carbons (Fsp3) is 0.235. The Labute approximate surface area is 179 Å². The van der Waals surface area contributed by atoms with E-state index in [1.165, 1.54) is 24.3 Å². The summed E-state index contributed by atoms with van der Waals surface area (Å²) in [5, 5.41) is 2.24. The van der Waals surface area contributed by atoms with Crippen LogP contribution in [-0.4, -0.2) is 24.2 Å². The minimum Gasteiger partial charge on any atom is -0.320 e. The third-order valence-corrected chi connectivity index (χ3v) is 5.14. The van der Waals surface area contributed by atoms with Gasteiger partial charge in [0, 0.05) is 20.1 Å². The van der Waals surface area contributed by atoms with Crippen LogP contribution in [0.3, 0.4) is 0 Å². The van der Waals surface area contributed by atoms with Gasteiger partial charge in [-0.2, -0.15) is 35.1 Å². The number of nitrogens with one attached hydrogen (secondary N) is 1. The maximum atomic E-state index is 14.6. The summed E-state index contributed by atoms with van der Waals surface area (Å²) < 4.78 is 118. The molecular weight excluding hydrogens is 565 g/mol. The van der Waals surface area contributed by atoms with Crippen LogP contribution in [0.5, 0.6) is 0 Å². The van der Waals surface area contributed by atoms with E-state index in [0.29, 0.717) is 0 Å². The van der Waals surface area contributed by atoms with Gasteiger partial charge in [0.1, 0.15) is 0 Å². The number of hydrogen-bond donors (Lipinski definition) is 1. The molecule has 2 aromatic rings. The first-order valence-corrected chi connectivity index (χ1v) is 9.18. The summed E-state index contributed by atoms with van der Waals surface area (Å²) in [5.41, 5.74) is -8.31. The zero-order chi connectivity index (χ0) is 23.1. The number of benzene rings is 2. The summed E-state index contributed by atoms with van der Waals surface area (Å²) in [7, 11) is 0. The minimum atomic E-state index is -6.84. The molecule has 2 nitrogen and oxygen atoms in total. The SMILES string of the molecule is O=C(Nc1c(Br)cc(C(F)(C(F)(F)F)C(F)(F)C(F)(F)F)cc1Br)c1ccccc1. The Balaban J connectivity index is 2.58. The van der Waals surface area contributed by atoms with Crippen molar-refractivity contribution in [3.05, 3.63) is 62.5 Å². The molecule has 0 aliphatic heterocycles. The third kappa shape index (κ3) is 4.18. The molecule has 2 rings (SSSR count). The molecular formula is C17H8Br2F9NO. The van der Waals surface area contributed by atoms with Crippen LogP contribution in [0.1, 0.15) is 15.9 Å². The third-order valence-electron chi connectivity index (χ3n) is 3.89. The predicted molar refractivity (Wildman–Crippen MR) is 96.1 cm³/mol. The van der Waals surface area contributed by atoms with Crippen molar-refractivity contribution in [2.75, 3.05) is 5.32 Å². The van der Waals surface area contributed by atoms with Gasteiger partial charge < -0.3 is 5.32 Å². The van der Waals surface area contributed by atoms with Gasteiger partial charge in [-0.15, -0.1) is 0 Å². The highest BCUT2D eigenvalue weighted by atomic mass is 79.9. The van der Waals surface area contributed by atoms with Crippen molar-refractivity contribution in [1.29, 1.82) is 0 Å². The predicted octanol–water partition coefficient (Wildman–Crippen LogP) is 7.39. The van der Waals surface area contributed by atoms with Crippen molar-refractivity contribution >= 4 is 43.5 Å². The first kappa shape index (κ1) is 24.5. The van der Waals surface area contributed by atoms with E-state index in [-0.39, 0.29) is 23.4 Å². The molecule has 1 atom stereocenters. The lowest BCUT2D eigenvalue weighted by molar-refractivity contribution is -0.389. The fourth-order valence-corrected chi connectivity index (χ4v) is 3.77. The summed E-state index contributed by atoms with van der Waals surface area (Å²) >= 11 is 5.34. The lowest BCUT2D eigenvalue weighted by atomic mass is 9.87. The summed E-state index contributed by atoms with van der Waals surface area (Å²) in [6.07, 6.45) is -13.5. The van der Waals surface area contributed by atoms with E-state index >= 15 is 0 Å². The second-order valence-electron chi connectivity index (χ2n) is 5.86. The minimum absolute atomic E-state index is 0.0957. The maximum Gasteiger partial charge on any atom is 0.457 e. The highest BCUT2D eigenvalue weighted by molar-refractivity contribution is 9.11. The van der Waals surface area contributed by atoms with E-state index in [2.05, 4.69) is 37.2 Å². The second kappa shape index (κ2) is 8.06. The van der Waals surface area contributed by atoms with Crippen LogP contribution in [-0.2, 0) is 5.67 Å². The second-order valence-corrected chi connectivity index (χ2v) is 7.57. The monoisotopic (exact) mass is 571 g/mol. The van der Waals surface area contributed by atoms with Crippen LogP contribution in [0, 0.1) is 0 Å². The number of rotatable bonds is 4. The summed E-state index contributed by atoms with van der Waals surface area (Å²) in [4.78, 5) is 12.2. The highest BCUT2D eigenvalue weighted by Crippen LogP contribution is 2.59. The van der Waals surface area contributed by atoms with Crippen LogP contribution in [0.25, 0.3) is 0 Å². The average molecular weight is 573 g/mol. The van der Waals surface area contributed by atoms with Crippen molar-refractivity contribution in [3.8, 4) is 0 Å². The van der Waals surface area contributed by atoms with E-state index in [1.54, 1.807) is 6.07 Å². The van der Waals surface area contributed by atoms with E-state index in [1.807, 2.05) is 0 Å².